The normalized spacial score (nSPS) is 45.7. The van der Waals surface area contributed by atoms with Gasteiger partial charge in [0.1, 0.15) is 0 Å². The Kier molecular flexibility index (Phi) is 2.06. The largest absolute Gasteiger partial charge is 0.379 e. The van der Waals surface area contributed by atoms with Crippen molar-refractivity contribution in [3.05, 3.63) is 0 Å². The molecule has 0 N–H and O–H groups in total. The quantitative estimate of drug-likeness (QED) is 0.608. The molecule has 3 rings (SSSR count). The van der Waals surface area contributed by atoms with E-state index >= 15 is 0 Å². The highest BCUT2D eigenvalue weighted by Crippen LogP contribution is 2.46. The second kappa shape index (κ2) is 3.25. The van der Waals surface area contributed by atoms with Crippen molar-refractivity contribution in [1.29, 1.82) is 0 Å². The van der Waals surface area contributed by atoms with Crippen molar-refractivity contribution in [2.24, 2.45) is 11.8 Å². The Labute approximate surface area is 80.2 Å². The van der Waals surface area contributed by atoms with Crippen LogP contribution in [0, 0.1) is 11.8 Å². The molecule has 74 valence electrons. The predicted octanol–water partition coefficient (Wildman–Crippen LogP) is 1.51. The Morgan fingerprint density at radius 3 is 2.46 bits per heavy atom. The third kappa shape index (κ3) is 1.40. The van der Waals surface area contributed by atoms with E-state index in [9.17, 15) is 0 Å². The summed E-state index contributed by atoms with van der Waals surface area (Å²) >= 11 is 0. The van der Waals surface area contributed by atoms with Gasteiger partial charge in [-0.15, -0.1) is 0 Å². The van der Waals surface area contributed by atoms with Crippen molar-refractivity contribution in [1.82, 2.24) is 4.90 Å². The Hall–Kier alpha value is -0.0800. The minimum absolute atomic E-state index is 0.933. The first kappa shape index (κ1) is 8.25. The average Bonchev–Trinajstić information content (AvgIpc) is 2.80. The number of hydrogen-bond donors (Lipinski definition) is 0. The molecule has 1 aliphatic heterocycles. The maximum atomic E-state index is 5.40. The summed E-state index contributed by atoms with van der Waals surface area (Å²) in [6.07, 6.45) is 6.05. The smallest absolute Gasteiger partial charge is 0.0594 e. The summed E-state index contributed by atoms with van der Waals surface area (Å²) in [7, 11) is 0. The standard InChI is InChI=1S/C11H19NO/c1-2-10-7-9(1)8-11(10)12-3-5-13-6-4-12/h9-11H,1-8H2/t9-,10-,11-/m0/s1. The molecule has 13 heavy (non-hydrogen) atoms. The molecule has 2 nitrogen and oxygen atoms in total. The van der Waals surface area contributed by atoms with Gasteiger partial charge >= 0.3 is 0 Å². The lowest BCUT2D eigenvalue weighted by atomic mass is 9.94. The highest BCUT2D eigenvalue weighted by molar-refractivity contribution is 4.95. The van der Waals surface area contributed by atoms with Crippen LogP contribution < -0.4 is 0 Å². The Bertz CT molecular complexity index is 189. The summed E-state index contributed by atoms with van der Waals surface area (Å²) < 4.78 is 5.40. The van der Waals surface area contributed by atoms with Crippen molar-refractivity contribution in [2.75, 3.05) is 26.3 Å². The lowest BCUT2D eigenvalue weighted by Gasteiger charge is -2.36. The van der Waals surface area contributed by atoms with E-state index in [1.807, 2.05) is 0 Å². The molecule has 3 atom stereocenters. The zero-order valence-electron chi connectivity index (χ0n) is 8.24. The molecule has 3 aliphatic rings. The third-order valence-electron chi connectivity index (χ3n) is 4.22. The van der Waals surface area contributed by atoms with Crippen LogP contribution in [0.1, 0.15) is 25.7 Å². The molecule has 2 saturated carbocycles. The topological polar surface area (TPSA) is 12.5 Å². The van der Waals surface area contributed by atoms with Gasteiger partial charge in [-0.25, -0.2) is 0 Å². The summed E-state index contributed by atoms with van der Waals surface area (Å²) in [5.74, 6) is 2.13. The van der Waals surface area contributed by atoms with Crippen molar-refractivity contribution in [3.63, 3.8) is 0 Å². The minimum Gasteiger partial charge on any atom is -0.379 e. The second-order valence-corrected chi connectivity index (χ2v) is 4.89. The van der Waals surface area contributed by atoms with Gasteiger partial charge in [0.25, 0.3) is 0 Å². The zero-order valence-corrected chi connectivity index (χ0v) is 8.24. The van der Waals surface area contributed by atoms with Crippen LogP contribution in [0.3, 0.4) is 0 Å². The first-order valence-electron chi connectivity index (χ1n) is 5.75. The van der Waals surface area contributed by atoms with E-state index in [2.05, 4.69) is 4.90 Å². The number of nitrogens with zero attached hydrogens (tertiary/aromatic N) is 1. The van der Waals surface area contributed by atoms with Gasteiger partial charge in [0, 0.05) is 19.1 Å². The predicted molar refractivity (Wildman–Crippen MR) is 51.6 cm³/mol. The summed E-state index contributed by atoms with van der Waals surface area (Å²) in [4.78, 5) is 2.69. The molecule has 2 bridgehead atoms. The number of rotatable bonds is 1. The fourth-order valence-electron chi connectivity index (χ4n) is 3.57. The Morgan fingerprint density at radius 2 is 1.85 bits per heavy atom. The second-order valence-electron chi connectivity index (χ2n) is 4.89. The Morgan fingerprint density at radius 1 is 1.00 bits per heavy atom. The Balaban J connectivity index is 1.65. The van der Waals surface area contributed by atoms with Gasteiger partial charge in [-0.3, -0.25) is 4.90 Å². The van der Waals surface area contributed by atoms with Crippen molar-refractivity contribution in [2.45, 2.75) is 31.7 Å². The molecule has 0 spiro atoms. The molecule has 0 aromatic carbocycles. The number of fused-ring (bicyclic) bond motifs is 2. The van der Waals surface area contributed by atoms with E-state index in [0.29, 0.717) is 0 Å². The molecule has 1 heterocycles. The lowest BCUT2D eigenvalue weighted by molar-refractivity contribution is 0.00415. The van der Waals surface area contributed by atoms with Gasteiger partial charge in [0.15, 0.2) is 0 Å². The molecule has 0 aromatic rings. The monoisotopic (exact) mass is 181 g/mol. The number of ether oxygens (including phenoxy) is 1. The van der Waals surface area contributed by atoms with Gasteiger partial charge in [-0.2, -0.15) is 0 Å². The van der Waals surface area contributed by atoms with E-state index < -0.39 is 0 Å². The summed E-state index contributed by atoms with van der Waals surface area (Å²) in [6, 6.07) is 0.933. The van der Waals surface area contributed by atoms with Gasteiger partial charge in [0.2, 0.25) is 0 Å². The van der Waals surface area contributed by atoms with Gasteiger partial charge < -0.3 is 4.74 Å². The molecular weight excluding hydrogens is 162 g/mol. The SMILES string of the molecule is C1CN([C@H]2C[C@H]3CC[C@H]2C3)CCO1. The van der Waals surface area contributed by atoms with Crippen LogP contribution in [0.4, 0.5) is 0 Å². The highest BCUT2D eigenvalue weighted by Gasteiger charge is 2.42. The fraction of sp³-hybridized carbons (Fsp3) is 1.00. The summed E-state index contributed by atoms with van der Waals surface area (Å²) in [6.45, 7) is 4.31. The average molecular weight is 181 g/mol. The van der Waals surface area contributed by atoms with Crippen LogP contribution in [-0.4, -0.2) is 37.2 Å². The van der Waals surface area contributed by atoms with Crippen LogP contribution in [0.2, 0.25) is 0 Å². The highest BCUT2D eigenvalue weighted by atomic mass is 16.5. The molecular formula is C11H19NO. The van der Waals surface area contributed by atoms with Crippen LogP contribution in [-0.2, 0) is 4.74 Å². The molecule has 0 amide bonds. The zero-order chi connectivity index (χ0) is 8.67. The molecule has 1 saturated heterocycles. The van der Waals surface area contributed by atoms with Crippen molar-refractivity contribution < 1.29 is 4.74 Å². The van der Waals surface area contributed by atoms with E-state index in [0.717, 1.165) is 31.1 Å². The molecule has 3 fully saturated rings. The van der Waals surface area contributed by atoms with Gasteiger partial charge in [0.05, 0.1) is 13.2 Å². The van der Waals surface area contributed by atoms with E-state index in [4.69, 9.17) is 4.74 Å². The number of morpholine rings is 1. The molecule has 0 aromatic heterocycles. The maximum absolute atomic E-state index is 5.40. The molecule has 2 aliphatic carbocycles. The van der Waals surface area contributed by atoms with E-state index in [1.165, 1.54) is 38.8 Å². The lowest BCUT2D eigenvalue weighted by Crippen LogP contribution is -2.45. The van der Waals surface area contributed by atoms with Crippen LogP contribution in [0.25, 0.3) is 0 Å². The first-order valence-corrected chi connectivity index (χ1v) is 5.75. The van der Waals surface area contributed by atoms with Crippen molar-refractivity contribution in [3.8, 4) is 0 Å². The van der Waals surface area contributed by atoms with Crippen LogP contribution in [0.15, 0.2) is 0 Å². The molecule has 0 radical (unpaired) electrons. The van der Waals surface area contributed by atoms with Gasteiger partial charge in [-0.05, 0) is 31.1 Å². The molecule has 0 unspecified atom stereocenters. The van der Waals surface area contributed by atoms with Crippen LogP contribution in [0.5, 0.6) is 0 Å². The van der Waals surface area contributed by atoms with E-state index in [-0.39, 0.29) is 0 Å². The first-order chi connectivity index (χ1) is 6.43. The third-order valence-corrected chi connectivity index (χ3v) is 4.22. The summed E-state index contributed by atoms with van der Waals surface area (Å²) in [5.41, 5.74) is 0. The summed E-state index contributed by atoms with van der Waals surface area (Å²) in [5, 5.41) is 0. The van der Waals surface area contributed by atoms with E-state index in [1.54, 1.807) is 0 Å². The van der Waals surface area contributed by atoms with Gasteiger partial charge in [-0.1, -0.05) is 6.42 Å². The van der Waals surface area contributed by atoms with Crippen molar-refractivity contribution >= 4 is 0 Å². The molecule has 2 heteroatoms. The van der Waals surface area contributed by atoms with Crippen LogP contribution >= 0.6 is 0 Å². The minimum atomic E-state index is 0.933. The fourth-order valence-corrected chi connectivity index (χ4v) is 3.57. The number of hydrogen-bond acceptors (Lipinski definition) is 2. The maximum Gasteiger partial charge on any atom is 0.0594 e.